The van der Waals surface area contributed by atoms with Crippen molar-refractivity contribution in [1.82, 2.24) is 12.3 Å². The first-order chi connectivity index (χ1) is 3.13. The van der Waals surface area contributed by atoms with E-state index in [1.807, 2.05) is 0 Å². The van der Waals surface area contributed by atoms with Crippen molar-refractivity contribution in [3.8, 4) is 0 Å². The van der Waals surface area contributed by atoms with Crippen LogP contribution < -0.4 is 20.7 Å². The minimum Gasteiger partial charge on any atom is -0.369 e. The summed E-state index contributed by atoms with van der Waals surface area (Å²) in [6.07, 6.45) is 0. The van der Waals surface area contributed by atoms with Gasteiger partial charge in [0, 0.05) is 0 Å². The molecule has 0 fully saturated rings. The monoisotopic (exact) mass is 276 g/mol. The van der Waals surface area contributed by atoms with Gasteiger partial charge in [-0.05, 0) is 0 Å². The average molecular weight is 274 g/mol. The van der Waals surface area contributed by atoms with E-state index in [0.717, 1.165) is 0 Å². The van der Waals surface area contributed by atoms with Crippen molar-refractivity contribution in [3.05, 3.63) is 0 Å². The summed E-state index contributed by atoms with van der Waals surface area (Å²) in [5.74, 6) is 0. The average Bonchev–Trinajstić information content (AvgIpc) is 1.27. The van der Waals surface area contributed by atoms with Crippen molar-refractivity contribution in [1.29, 1.82) is 0 Å². The van der Waals surface area contributed by atoms with E-state index >= 15 is 0 Å². The molecule has 0 saturated carbocycles. The fraction of sp³-hybridized carbons (Fsp3) is 0. The molecule has 0 heterocycles. The molecule has 0 aliphatic rings. The van der Waals surface area contributed by atoms with Crippen LogP contribution in [0.4, 0.5) is 0 Å². The Morgan fingerprint density at radius 2 is 1.22 bits per heavy atom. The predicted molar refractivity (Wildman–Crippen MR) is 25.9 cm³/mol. The maximum absolute atomic E-state index is 9.32. The van der Waals surface area contributed by atoms with Crippen LogP contribution >= 0.6 is 0 Å². The van der Waals surface area contributed by atoms with Gasteiger partial charge in [0.15, 0.2) is 0 Å². The molecule has 60 valence electrons. The Bertz CT molecular complexity index is 89.1. The van der Waals surface area contributed by atoms with Crippen LogP contribution in [-0.2, 0) is 10.6 Å². The molecule has 0 unspecified atom stereocenters. The Morgan fingerprint density at radius 1 is 1.00 bits per heavy atom. The smallest absolute Gasteiger partial charge is 0.369 e. The van der Waals surface area contributed by atoms with Gasteiger partial charge in [0.2, 0.25) is 0 Å². The topological polar surface area (TPSA) is 162 Å². The van der Waals surface area contributed by atoms with Crippen LogP contribution in [0.25, 0.3) is 0 Å². The normalized spacial score (nSPS) is 14.4. The Hall–Kier alpha value is 0.439. The van der Waals surface area contributed by atoms with Gasteiger partial charge >= 0.3 is 47.9 Å². The van der Waals surface area contributed by atoms with Gasteiger partial charge in [0.1, 0.15) is 0 Å². The molecule has 0 bridgehead atoms. The van der Waals surface area contributed by atoms with E-state index in [-0.39, 0.29) is 12.3 Å². The summed E-state index contributed by atoms with van der Waals surface area (Å²) in [7, 11) is 0. The molecule has 0 amide bonds. The SMILES string of the molecule is O=[Se]([O-])O[Se](=O)[O-].[NH4+].[NH4+]. The van der Waals surface area contributed by atoms with Crippen LogP contribution in [-0.4, -0.2) is 29.0 Å². The minimum atomic E-state index is -3.69. The largest absolute Gasteiger partial charge is 0.369 e. The van der Waals surface area contributed by atoms with Gasteiger partial charge < -0.3 is 12.3 Å². The Labute approximate surface area is 60.7 Å². The minimum absolute atomic E-state index is 0. The molecule has 0 aromatic rings. The fourth-order valence-corrected chi connectivity index (χ4v) is 1.22. The summed E-state index contributed by atoms with van der Waals surface area (Å²) in [5, 5.41) is 0. The maximum Gasteiger partial charge on any atom is -0.369 e. The second-order valence-corrected chi connectivity index (χ2v) is 3.96. The first kappa shape index (κ1) is 16.2. The van der Waals surface area contributed by atoms with Crippen molar-refractivity contribution in [2.24, 2.45) is 0 Å². The number of quaternary nitrogens is 2. The summed E-state index contributed by atoms with van der Waals surface area (Å²) in [4.78, 5) is 0. The zero-order chi connectivity index (χ0) is 5.86. The van der Waals surface area contributed by atoms with E-state index in [1.54, 1.807) is 0 Å². The zero-order valence-corrected chi connectivity index (χ0v) is 8.28. The van der Waals surface area contributed by atoms with Gasteiger partial charge in [-0.3, -0.25) is 0 Å². The van der Waals surface area contributed by atoms with Crippen LogP contribution in [0.5, 0.6) is 0 Å². The van der Waals surface area contributed by atoms with E-state index in [9.17, 15) is 16.0 Å². The van der Waals surface area contributed by atoms with E-state index in [2.05, 4.69) is 2.90 Å². The second-order valence-electron chi connectivity index (χ2n) is 0.476. The van der Waals surface area contributed by atoms with Crippen molar-refractivity contribution in [3.63, 3.8) is 0 Å². The van der Waals surface area contributed by atoms with E-state index < -0.39 is 29.0 Å². The quantitative estimate of drug-likeness (QED) is 0.522. The fourth-order valence-electron chi connectivity index (χ4n) is 0.0454. The molecular formula is H8N2O5Se2. The first-order valence-corrected chi connectivity index (χ1v) is 5.20. The molecule has 9 heteroatoms. The van der Waals surface area contributed by atoms with Crippen molar-refractivity contribution >= 4 is 29.0 Å². The van der Waals surface area contributed by atoms with Crippen molar-refractivity contribution in [2.45, 2.75) is 0 Å². The zero-order valence-electron chi connectivity index (χ0n) is 4.86. The van der Waals surface area contributed by atoms with Crippen molar-refractivity contribution in [2.75, 3.05) is 0 Å². The molecular weight excluding hydrogens is 266 g/mol. The van der Waals surface area contributed by atoms with Gasteiger partial charge in [-0.2, -0.15) is 0 Å². The molecule has 0 aromatic heterocycles. The molecule has 0 aliphatic heterocycles. The molecule has 9 heavy (non-hydrogen) atoms. The third-order valence-corrected chi connectivity index (χ3v) is 3.00. The molecule has 0 saturated heterocycles. The summed E-state index contributed by atoms with van der Waals surface area (Å²) < 4.78 is 40.5. The Balaban J connectivity index is -0.000000180. The molecule has 0 radical (unpaired) electrons. The third kappa shape index (κ3) is 17.8. The van der Waals surface area contributed by atoms with E-state index in [4.69, 9.17) is 0 Å². The summed E-state index contributed by atoms with van der Waals surface area (Å²) in [5.41, 5.74) is 0. The standard InChI is InChI=1S/2H3N.H2O5Se2/c;;1-6(2)5-7(3)4/h2*1H3;(H,1,2)(H,3,4). The third-order valence-electron chi connectivity index (χ3n) is 0.111. The van der Waals surface area contributed by atoms with Gasteiger partial charge in [-0.15, -0.1) is 0 Å². The van der Waals surface area contributed by atoms with Gasteiger partial charge in [-0.25, -0.2) is 0 Å². The van der Waals surface area contributed by atoms with E-state index in [0.29, 0.717) is 0 Å². The molecule has 8 N–H and O–H groups in total. The van der Waals surface area contributed by atoms with E-state index in [1.165, 1.54) is 0 Å². The second kappa shape index (κ2) is 8.44. The first-order valence-electron chi connectivity index (χ1n) is 1.00. The summed E-state index contributed by atoms with van der Waals surface area (Å²) >= 11 is -7.38. The summed E-state index contributed by atoms with van der Waals surface area (Å²) in [6.45, 7) is 0. The molecule has 0 rings (SSSR count). The van der Waals surface area contributed by atoms with Crippen LogP contribution in [0.1, 0.15) is 0 Å². The van der Waals surface area contributed by atoms with Crippen molar-refractivity contribution < 1.29 is 18.9 Å². The molecule has 0 atom stereocenters. The Morgan fingerprint density at radius 3 is 1.22 bits per heavy atom. The van der Waals surface area contributed by atoms with Gasteiger partial charge in [0.25, 0.3) is 0 Å². The summed E-state index contributed by atoms with van der Waals surface area (Å²) in [6, 6.07) is 0. The predicted octanol–water partition coefficient (Wildman–Crippen LogP) is -2.69. The molecule has 0 spiro atoms. The maximum atomic E-state index is 9.32. The number of hydrogen-bond donors (Lipinski definition) is 2. The van der Waals surface area contributed by atoms with Gasteiger partial charge in [-0.1, -0.05) is 0 Å². The van der Waals surface area contributed by atoms with Crippen LogP contribution in [0.15, 0.2) is 0 Å². The number of rotatable bonds is 2. The Kier molecular flexibility index (Phi) is 15.2. The molecule has 7 nitrogen and oxygen atoms in total. The van der Waals surface area contributed by atoms with Crippen LogP contribution in [0, 0.1) is 0 Å². The van der Waals surface area contributed by atoms with Gasteiger partial charge in [0.05, 0.1) is 0 Å². The molecule has 0 aliphatic carbocycles. The van der Waals surface area contributed by atoms with Crippen LogP contribution in [0.2, 0.25) is 0 Å². The van der Waals surface area contributed by atoms with Crippen LogP contribution in [0.3, 0.4) is 0 Å². The molecule has 0 aromatic carbocycles. The number of hydrogen-bond acceptors (Lipinski definition) is 5.